The number of ether oxygens (including phenoxy) is 2. The molecule has 1 aliphatic rings. The second-order valence-corrected chi connectivity index (χ2v) is 12.9. The Balaban J connectivity index is 0.000000305. The number of aromatic nitrogens is 1. The Morgan fingerprint density at radius 1 is 1.00 bits per heavy atom. The predicted octanol–water partition coefficient (Wildman–Crippen LogP) is 9.14. The van der Waals surface area contributed by atoms with Crippen molar-refractivity contribution in [1.29, 1.82) is 0 Å². The summed E-state index contributed by atoms with van der Waals surface area (Å²) < 4.78 is 40.1. The minimum Gasteiger partial charge on any atom is -0.493 e. The Bertz CT molecular complexity index is 2030. The van der Waals surface area contributed by atoms with E-state index in [9.17, 15) is 19.1 Å². The van der Waals surface area contributed by atoms with Gasteiger partial charge in [0.15, 0.2) is 6.10 Å². The van der Waals surface area contributed by atoms with Crippen LogP contribution in [0.25, 0.3) is 32.8 Å². The second-order valence-electron chi connectivity index (χ2n) is 12.1. The van der Waals surface area contributed by atoms with E-state index in [-0.39, 0.29) is 22.0 Å². The molecule has 2 heterocycles. The Kier molecular flexibility index (Phi) is 9.73. The van der Waals surface area contributed by atoms with E-state index in [0.29, 0.717) is 45.1 Å². The normalized spacial score (nSPS) is 13.1. The summed E-state index contributed by atoms with van der Waals surface area (Å²) in [7, 11) is 0. The maximum atomic E-state index is 15.2. The van der Waals surface area contributed by atoms with Crippen molar-refractivity contribution in [3.63, 3.8) is 0 Å². The van der Waals surface area contributed by atoms with Crippen molar-refractivity contribution in [2.75, 3.05) is 6.61 Å². The molecule has 0 spiro atoms. The first-order valence-corrected chi connectivity index (χ1v) is 15.4. The van der Waals surface area contributed by atoms with Gasteiger partial charge in [-0.3, -0.25) is 9.78 Å². The van der Waals surface area contributed by atoms with Gasteiger partial charge in [0.2, 0.25) is 0 Å². The molecule has 5 aromatic rings. The maximum absolute atomic E-state index is 15.2. The number of carbonyl (C=O) groups is 2. The average molecular weight is 683 g/mol. The minimum absolute atomic E-state index is 0.000234. The summed E-state index contributed by atoms with van der Waals surface area (Å²) in [4.78, 5) is 27.4. The highest BCUT2D eigenvalue weighted by Crippen LogP contribution is 2.46. The highest BCUT2D eigenvalue weighted by atomic mass is 35.5. The molecular formula is C36H31Cl2F2NO6. The molecule has 4 aromatic carbocycles. The number of hydrogen-bond acceptors (Lipinski definition) is 5. The van der Waals surface area contributed by atoms with E-state index >= 15 is 4.39 Å². The van der Waals surface area contributed by atoms with Crippen molar-refractivity contribution in [3.8, 4) is 16.9 Å². The van der Waals surface area contributed by atoms with E-state index in [1.54, 1.807) is 46.0 Å². The molecule has 7 nitrogen and oxygen atoms in total. The van der Waals surface area contributed by atoms with E-state index in [1.165, 1.54) is 24.3 Å². The Labute approximate surface area is 279 Å². The predicted molar refractivity (Wildman–Crippen MR) is 178 cm³/mol. The Morgan fingerprint density at radius 2 is 1.72 bits per heavy atom. The SMILES string of the molecule is Cc1cc2c(F)c(Cl)ccc2c(-c2ccc3c4c(ccnc24)CCO3)c1[C@H](OC(C)(C)C)C(=O)O.O=C(O)Cc1cccc(Cl)c1F. The molecule has 0 radical (unpaired) electrons. The van der Waals surface area contributed by atoms with Crippen LogP contribution in [0.3, 0.4) is 0 Å². The van der Waals surface area contributed by atoms with Gasteiger partial charge >= 0.3 is 11.9 Å². The lowest BCUT2D eigenvalue weighted by molar-refractivity contribution is -0.160. The molecule has 0 fully saturated rings. The molecule has 0 saturated carbocycles. The molecule has 0 amide bonds. The molecule has 47 heavy (non-hydrogen) atoms. The fourth-order valence-corrected chi connectivity index (χ4v) is 6.09. The Morgan fingerprint density at radius 3 is 2.40 bits per heavy atom. The monoisotopic (exact) mass is 681 g/mol. The van der Waals surface area contributed by atoms with Gasteiger partial charge in [0.25, 0.3) is 0 Å². The summed E-state index contributed by atoms with van der Waals surface area (Å²) in [6.07, 6.45) is 0.861. The van der Waals surface area contributed by atoms with Gasteiger partial charge in [-0.15, -0.1) is 0 Å². The van der Waals surface area contributed by atoms with Crippen LogP contribution in [-0.4, -0.2) is 39.3 Å². The minimum atomic E-state index is -1.28. The highest BCUT2D eigenvalue weighted by molar-refractivity contribution is 6.32. The Hall–Kier alpha value is -4.31. The van der Waals surface area contributed by atoms with Crippen LogP contribution < -0.4 is 4.74 Å². The third-order valence-corrected chi connectivity index (χ3v) is 8.21. The lowest BCUT2D eigenvalue weighted by Crippen LogP contribution is -2.28. The number of rotatable bonds is 6. The van der Waals surface area contributed by atoms with Crippen molar-refractivity contribution in [2.45, 2.75) is 52.2 Å². The third-order valence-electron chi connectivity index (χ3n) is 7.63. The van der Waals surface area contributed by atoms with Crippen LogP contribution >= 0.6 is 23.2 Å². The van der Waals surface area contributed by atoms with Crippen LogP contribution in [0.5, 0.6) is 5.75 Å². The molecule has 11 heteroatoms. The summed E-state index contributed by atoms with van der Waals surface area (Å²) in [5.74, 6) is -2.68. The van der Waals surface area contributed by atoms with E-state index in [0.717, 1.165) is 23.1 Å². The standard InChI is InChI=1S/C28H25ClFNO4.C8H6ClFO2/c1-14-13-18-16(5-7-19(29)24(18)30)23(21(14)26(27(32)33)35-28(2,3)4)17-6-8-20-22-15(10-12-34-20)9-11-31-25(17)22;9-6-3-1-2-5(8(6)10)4-7(11)12/h5-9,11,13,26H,10,12H2,1-4H3,(H,32,33);1-3H,4H2,(H,11,12)/t26-;/m0./s1. The van der Waals surface area contributed by atoms with Crippen LogP contribution in [0, 0.1) is 18.6 Å². The third kappa shape index (κ3) is 7.02. The van der Waals surface area contributed by atoms with Crippen molar-refractivity contribution in [2.24, 2.45) is 0 Å². The molecule has 0 bridgehead atoms. The molecule has 0 aliphatic carbocycles. The number of fused-ring (bicyclic) bond motifs is 1. The number of hydrogen-bond donors (Lipinski definition) is 2. The lowest BCUT2D eigenvalue weighted by atomic mass is 9.85. The fourth-order valence-electron chi connectivity index (χ4n) is 5.73. The number of aryl methyl sites for hydroxylation is 1. The number of aliphatic carboxylic acids is 2. The zero-order valence-electron chi connectivity index (χ0n) is 26.0. The first-order valence-electron chi connectivity index (χ1n) is 14.7. The summed E-state index contributed by atoms with van der Waals surface area (Å²) in [6.45, 7) is 7.76. The molecule has 2 N–H and O–H groups in total. The summed E-state index contributed by atoms with van der Waals surface area (Å²) >= 11 is 11.5. The zero-order valence-corrected chi connectivity index (χ0v) is 27.5. The van der Waals surface area contributed by atoms with E-state index in [1.807, 2.05) is 18.2 Å². The quantitative estimate of drug-likeness (QED) is 0.184. The molecule has 1 aromatic heterocycles. The first kappa shape index (κ1) is 34.0. The van der Waals surface area contributed by atoms with Crippen LogP contribution in [0.1, 0.15) is 49.1 Å². The molecule has 6 rings (SSSR count). The van der Waals surface area contributed by atoms with Gasteiger partial charge in [-0.05, 0) is 86.2 Å². The fraction of sp³-hybridized carbons (Fsp3) is 0.250. The number of halogens is 4. The van der Waals surface area contributed by atoms with Crippen molar-refractivity contribution in [1.82, 2.24) is 4.98 Å². The highest BCUT2D eigenvalue weighted by Gasteiger charge is 2.33. The van der Waals surface area contributed by atoms with Crippen LogP contribution in [0.15, 0.2) is 60.8 Å². The molecule has 0 unspecified atom stereocenters. The average Bonchev–Trinajstić information content (AvgIpc) is 3.00. The lowest BCUT2D eigenvalue weighted by Gasteiger charge is -2.29. The van der Waals surface area contributed by atoms with Gasteiger partial charge < -0.3 is 19.7 Å². The topological polar surface area (TPSA) is 106 Å². The van der Waals surface area contributed by atoms with E-state index < -0.39 is 35.3 Å². The van der Waals surface area contributed by atoms with E-state index in [4.69, 9.17) is 37.8 Å². The number of nitrogens with zero attached hydrogens (tertiary/aromatic N) is 1. The summed E-state index contributed by atoms with van der Waals surface area (Å²) in [5, 5.41) is 20.3. The van der Waals surface area contributed by atoms with Crippen molar-refractivity contribution in [3.05, 3.63) is 105 Å². The van der Waals surface area contributed by atoms with Gasteiger partial charge in [0.1, 0.15) is 17.4 Å². The summed E-state index contributed by atoms with van der Waals surface area (Å²) in [6, 6.07) is 14.8. The van der Waals surface area contributed by atoms with Gasteiger partial charge in [-0.1, -0.05) is 41.4 Å². The largest absolute Gasteiger partial charge is 0.493 e. The van der Waals surface area contributed by atoms with Gasteiger partial charge in [-0.2, -0.15) is 0 Å². The number of pyridine rings is 1. The first-order chi connectivity index (χ1) is 22.2. The molecular weight excluding hydrogens is 651 g/mol. The molecule has 1 atom stereocenters. The zero-order chi connectivity index (χ0) is 34.2. The second kappa shape index (κ2) is 13.4. The van der Waals surface area contributed by atoms with Gasteiger partial charge in [0, 0.05) is 40.1 Å². The van der Waals surface area contributed by atoms with Crippen LogP contribution in [-0.2, 0) is 27.2 Å². The van der Waals surface area contributed by atoms with Gasteiger partial charge in [-0.25, -0.2) is 13.6 Å². The van der Waals surface area contributed by atoms with Gasteiger partial charge in [0.05, 0.1) is 34.2 Å². The molecule has 0 saturated heterocycles. The van der Waals surface area contributed by atoms with Crippen LogP contribution in [0.4, 0.5) is 8.78 Å². The molecule has 244 valence electrons. The van der Waals surface area contributed by atoms with E-state index in [2.05, 4.69) is 4.98 Å². The molecule has 1 aliphatic heterocycles. The maximum Gasteiger partial charge on any atom is 0.337 e. The number of carboxylic acid groups (broad SMARTS) is 2. The van der Waals surface area contributed by atoms with Crippen molar-refractivity contribution >= 4 is 56.8 Å². The van der Waals surface area contributed by atoms with Crippen molar-refractivity contribution < 1.29 is 38.1 Å². The smallest absolute Gasteiger partial charge is 0.337 e. The number of benzene rings is 4. The summed E-state index contributed by atoms with van der Waals surface area (Å²) in [5.41, 5.74) is 3.44. The van der Waals surface area contributed by atoms with Crippen LogP contribution in [0.2, 0.25) is 10.0 Å². The number of carboxylic acids is 2.